The number of rotatable bonds is 2. The van der Waals surface area contributed by atoms with Gasteiger partial charge in [0, 0.05) is 11.5 Å². The predicted octanol–water partition coefficient (Wildman–Crippen LogP) is 3.71. The Hall–Kier alpha value is -1.37. The summed E-state index contributed by atoms with van der Waals surface area (Å²) in [4.78, 5) is 11.1. The summed E-state index contributed by atoms with van der Waals surface area (Å²) < 4.78 is 0. The minimum Gasteiger partial charge on any atom is -0.295 e. The maximum absolute atomic E-state index is 11.1. The summed E-state index contributed by atoms with van der Waals surface area (Å²) in [5, 5.41) is 0. The molecule has 1 aromatic rings. The lowest BCUT2D eigenvalue weighted by atomic mass is 9.89. The first-order valence-corrected chi connectivity index (χ1v) is 5.55. The molecule has 2 rings (SSSR count). The van der Waals surface area contributed by atoms with Gasteiger partial charge in [-0.25, -0.2) is 0 Å². The van der Waals surface area contributed by atoms with Crippen molar-refractivity contribution in [3.8, 4) is 0 Å². The second kappa shape index (κ2) is 4.43. The van der Waals surface area contributed by atoms with E-state index in [0.29, 0.717) is 5.92 Å². The molecule has 1 heteroatoms. The van der Waals surface area contributed by atoms with Crippen molar-refractivity contribution in [1.82, 2.24) is 0 Å². The smallest absolute Gasteiger partial charge is 0.159 e. The normalized spacial score (nSPS) is 20.2. The Labute approximate surface area is 90.8 Å². The van der Waals surface area contributed by atoms with E-state index in [1.165, 1.54) is 24.8 Å². The SMILES string of the molecule is CC(=O)c1ccc([C@@H]2C=CCCC2)cc1. The Morgan fingerprint density at radius 3 is 2.53 bits per heavy atom. The summed E-state index contributed by atoms with van der Waals surface area (Å²) in [6, 6.07) is 8.02. The molecular weight excluding hydrogens is 184 g/mol. The van der Waals surface area contributed by atoms with Gasteiger partial charge in [0.05, 0.1) is 0 Å². The van der Waals surface area contributed by atoms with Crippen LogP contribution in [0.3, 0.4) is 0 Å². The molecule has 15 heavy (non-hydrogen) atoms. The summed E-state index contributed by atoms with van der Waals surface area (Å²) in [5.74, 6) is 0.695. The highest BCUT2D eigenvalue weighted by Crippen LogP contribution is 2.27. The fraction of sp³-hybridized carbons (Fsp3) is 0.357. The van der Waals surface area contributed by atoms with Gasteiger partial charge in [-0.3, -0.25) is 4.79 Å². The summed E-state index contributed by atoms with van der Waals surface area (Å²) in [5.41, 5.74) is 2.13. The van der Waals surface area contributed by atoms with Gasteiger partial charge in [-0.15, -0.1) is 0 Å². The Morgan fingerprint density at radius 1 is 1.27 bits per heavy atom. The van der Waals surface area contributed by atoms with Crippen LogP contribution in [0.4, 0.5) is 0 Å². The zero-order valence-corrected chi connectivity index (χ0v) is 9.07. The molecule has 1 aromatic carbocycles. The van der Waals surface area contributed by atoms with Gasteiger partial charge >= 0.3 is 0 Å². The van der Waals surface area contributed by atoms with Crippen LogP contribution in [0.2, 0.25) is 0 Å². The molecule has 78 valence electrons. The van der Waals surface area contributed by atoms with Gasteiger partial charge < -0.3 is 0 Å². The van der Waals surface area contributed by atoms with Crippen molar-refractivity contribution in [3.05, 3.63) is 47.5 Å². The maximum atomic E-state index is 11.1. The first kappa shape index (κ1) is 10.2. The zero-order chi connectivity index (χ0) is 10.7. The molecular formula is C14H16O. The monoisotopic (exact) mass is 200 g/mol. The van der Waals surface area contributed by atoms with Gasteiger partial charge in [0.2, 0.25) is 0 Å². The second-order valence-corrected chi connectivity index (χ2v) is 4.14. The third-order valence-electron chi connectivity index (χ3n) is 3.00. The van der Waals surface area contributed by atoms with Crippen LogP contribution in [0.1, 0.15) is 48.0 Å². The summed E-state index contributed by atoms with van der Waals surface area (Å²) in [6.45, 7) is 1.61. The van der Waals surface area contributed by atoms with Crippen molar-refractivity contribution in [3.63, 3.8) is 0 Å². The molecule has 1 aliphatic rings. The van der Waals surface area contributed by atoms with Crippen molar-refractivity contribution >= 4 is 5.78 Å². The van der Waals surface area contributed by atoms with Crippen molar-refractivity contribution < 1.29 is 4.79 Å². The fourth-order valence-corrected chi connectivity index (χ4v) is 2.06. The molecule has 0 bridgehead atoms. The van der Waals surface area contributed by atoms with Crippen LogP contribution in [0.5, 0.6) is 0 Å². The molecule has 0 amide bonds. The molecule has 0 N–H and O–H groups in total. The van der Waals surface area contributed by atoms with Crippen LogP contribution < -0.4 is 0 Å². The number of hydrogen-bond donors (Lipinski definition) is 0. The summed E-state index contributed by atoms with van der Waals surface area (Å²) >= 11 is 0. The van der Waals surface area contributed by atoms with Crippen LogP contribution >= 0.6 is 0 Å². The van der Waals surface area contributed by atoms with Gasteiger partial charge in [-0.05, 0) is 31.7 Å². The van der Waals surface area contributed by atoms with Crippen molar-refractivity contribution in [2.45, 2.75) is 32.1 Å². The number of carbonyl (C=O) groups is 1. The van der Waals surface area contributed by atoms with Crippen molar-refractivity contribution in [2.24, 2.45) is 0 Å². The van der Waals surface area contributed by atoms with Crippen LogP contribution in [-0.4, -0.2) is 5.78 Å². The molecule has 0 unspecified atom stereocenters. The fourth-order valence-electron chi connectivity index (χ4n) is 2.06. The average Bonchev–Trinajstić information content (AvgIpc) is 2.30. The average molecular weight is 200 g/mol. The predicted molar refractivity (Wildman–Crippen MR) is 62.2 cm³/mol. The molecule has 0 radical (unpaired) electrons. The largest absolute Gasteiger partial charge is 0.295 e. The molecule has 0 heterocycles. The summed E-state index contributed by atoms with van der Waals surface area (Å²) in [6.07, 6.45) is 8.26. The number of Topliss-reactive ketones (excluding diaryl/α,β-unsaturated/α-hetero) is 1. The highest BCUT2D eigenvalue weighted by Gasteiger charge is 2.10. The van der Waals surface area contributed by atoms with E-state index in [1.54, 1.807) is 6.92 Å². The van der Waals surface area contributed by atoms with Crippen LogP contribution in [-0.2, 0) is 0 Å². The molecule has 0 fully saturated rings. The third-order valence-corrected chi connectivity index (χ3v) is 3.00. The lowest BCUT2D eigenvalue weighted by Crippen LogP contribution is -2.00. The van der Waals surface area contributed by atoms with Crippen molar-refractivity contribution in [2.75, 3.05) is 0 Å². The first-order chi connectivity index (χ1) is 7.27. The molecule has 0 spiro atoms. The first-order valence-electron chi connectivity index (χ1n) is 5.55. The van der Waals surface area contributed by atoms with E-state index in [4.69, 9.17) is 0 Å². The maximum Gasteiger partial charge on any atom is 0.159 e. The van der Waals surface area contributed by atoms with E-state index < -0.39 is 0 Å². The third kappa shape index (κ3) is 2.35. The topological polar surface area (TPSA) is 17.1 Å². The van der Waals surface area contributed by atoms with E-state index in [-0.39, 0.29) is 5.78 Å². The van der Waals surface area contributed by atoms with E-state index in [2.05, 4.69) is 24.3 Å². The Balaban J connectivity index is 2.19. The number of carbonyl (C=O) groups excluding carboxylic acids is 1. The number of benzene rings is 1. The molecule has 0 aromatic heterocycles. The van der Waals surface area contributed by atoms with E-state index in [9.17, 15) is 4.79 Å². The van der Waals surface area contributed by atoms with Gasteiger partial charge in [0.15, 0.2) is 5.78 Å². The lowest BCUT2D eigenvalue weighted by Gasteiger charge is -2.16. The summed E-state index contributed by atoms with van der Waals surface area (Å²) in [7, 11) is 0. The van der Waals surface area contributed by atoms with Crippen LogP contribution in [0.15, 0.2) is 36.4 Å². The van der Waals surface area contributed by atoms with Crippen LogP contribution in [0.25, 0.3) is 0 Å². The molecule has 0 aliphatic heterocycles. The second-order valence-electron chi connectivity index (χ2n) is 4.14. The minimum absolute atomic E-state index is 0.140. The van der Waals surface area contributed by atoms with Gasteiger partial charge in [-0.2, -0.15) is 0 Å². The van der Waals surface area contributed by atoms with Gasteiger partial charge in [0.25, 0.3) is 0 Å². The quantitative estimate of drug-likeness (QED) is 0.525. The minimum atomic E-state index is 0.140. The van der Waals surface area contributed by atoms with E-state index in [0.717, 1.165) is 5.56 Å². The molecule has 1 atom stereocenters. The Bertz CT molecular complexity index is 373. The number of allylic oxidation sites excluding steroid dienone is 2. The molecule has 0 saturated heterocycles. The highest BCUT2D eigenvalue weighted by atomic mass is 16.1. The standard InChI is InChI=1S/C14H16O/c1-11(15)12-7-9-14(10-8-12)13-5-3-2-4-6-13/h3,5,7-10,13H,2,4,6H2,1H3/t13-/m1/s1. The van der Waals surface area contributed by atoms with Gasteiger partial charge in [0.1, 0.15) is 0 Å². The van der Waals surface area contributed by atoms with E-state index >= 15 is 0 Å². The Kier molecular flexibility index (Phi) is 3.00. The van der Waals surface area contributed by atoms with E-state index in [1.807, 2.05) is 12.1 Å². The lowest BCUT2D eigenvalue weighted by molar-refractivity contribution is 0.101. The number of hydrogen-bond acceptors (Lipinski definition) is 1. The number of ketones is 1. The zero-order valence-electron chi connectivity index (χ0n) is 9.07. The van der Waals surface area contributed by atoms with Crippen LogP contribution in [0, 0.1) is 0 Å². The molecule has 1 aliphatic carbocycles. The molecule has 0 saturated carbocycles. The van der Waals surface area contributed by atoms with Gasteiger partial charge in [-0.1, -0.05) is 36.4 Å². The molecule has 1 nitrogen and oxygen atoms in total. The Morgan fingerprint density at radius 2 is 2.00 bits per heavy atom. The highest BCUT2D eigenvalue weighted by molar-refractivity contribution is 5.94. The van der Waals surface area contributed by atoms with Crippen molar-refractivity contribution in [1.29, 1.82) is 0 Å².